The second-order valence-electron chi connectivity index (χ2n) is 8.02. The van der Waals surface area contributed by atoms with E-state index in [4.69, 9.17) is 4.74 Å². The van der Waals surface area contributed by atoms with Crippen LogP contribution in [0.5, 0.6) is 0 Å². The van der Waals surface area contributed by atoms with Crippen molar-refractivity contribution in [1.82, 2.24) is 4.90 Å². The van der Waals surface area contributed by atoms with Crippen molar-refractivity contribution >= 4 is 16.7 Å². The third-order valence-electron chi connectivity index (χ3n) is 5.81. The van der Waals surface area contributed by atoms with Crippen molar-refractivity contribution in [2.24, 2.45) is 0 Å². The van der Waals surface area contributed by atoms with Crippen LogP contribution in [0.2, 0.25) is 0 Å². The summed E-state index contributed by atoms with van der Waals surface area (Å²) in [7, 11) is 0. The lowest BCUT2D eigenvalue weighted by Gasteiger charge is -2.40. The predicted octanol–water partition coefficient (Wildman–Crippen LogP) is 4.92. The number of hydrogen-bond donors (Lipinski definition) is 0. The molecule has 1 saturated carbocycles. The maximum absolute atomic E-state index is 13.1. The topological polar surface area (TPSA) is 29.5 Å². The summed E-state index contributed by atoms with van der Waals surface area (Å²) in [5.41, 5.74) is 0.679. The molecule has 0 aliphatic heterocycles. The maximum Gasteiger partial charge on any atom is 0.316 e. The molecule has 0 saturated heterocycles. The second-order valence-corrected chi connectivity index (χ2v) is 8.02. The largest absolute Gasteiger partial charge is 0.464 e. The molecule has 2 aromatic carbocycles. The molecule has 0 atom stereocenters. The molecule has 0 amide bonds. The van der Waals surface area contributed by atoms with Gasteiger partial charge in [0.2, 0.25) is 0 Å². The summed E-state index contributed by atoms with van der Waals surface area (Å²) < 4.78 is 5.80. The van der Waals surface area contributed by atoms with Crippen molar-refractivity contribution < 1.29 is 9.53 Å². The Bertz CT molecular complexity index is 748. The Labute approximate surface area is 157 Å². The number of rotatable bonds is 7. The van der Waals surface area contributed by atoms with Gasteiger partial charge in [-0.05, 0) is 56.9 Å². The second kappa shape index (κ2) is 7.79. The van der Waals surface area contributed by atoms with E-state index >= 15 is 0 Å². The van der Waals surface area contributed by atoms with Gasteiger partial charge in [-0.1, -0.05) is 48.9 Å². The van der Waals surface area contributed by atoms with Gasteiger partial charge < -0.3 is 4.74 Å². The van der Waals surface area contributed by atoms with Crippen LogP contribution in [0.4, 0.5) is 0 Å². The summed E-state index contributed by atoms with van der Waals surface area (Å²) in [6.07, 6.45) is 2.86. The van der Waals surface area contributed by atoms with Gasteiger partial charge in [-0.15, -0.1) is 0 Å². The van der Waals surface area contributed by atoms with Gasteiger partial charge in [0.1, 0.15) is 6.61 Å². The van der Waals surface area contributed by atoms with Crippen molar-refractivity contribution in [3.05, 3.63) is 48.0 Å². The van der Waals surface area contributed by atoms with Crippen LogP contribution in [0, 0.1) is 0 Å². The summed E-state index contributed by atoms with van der Waals surface area (Å²) in [4.78, 5) is 15.4. The highest BCUT2D eigenvalue weighted by molar-refractivity contribution is 5.94. The van der Waals surface area contributed by atoms with Crippen molar-refractivity contribution in [1.29, 1.82) is 0 Å². The number of benzene rings is 2. The van der Waals surface area contributed by atoms with E-state index in [1.165, 1.54) is 10.8 Å². The summed E-state index contributed by atoms with van der Waals surface area (Å²) in [5, 5.41) is 2.37. The molecule has 0 bridgehead atoms. The normalized spacial score (nSPS) is 16.3. The van der Waals surface area contributed by atoms with Crippen LogP contribution in [0.15, 0.2) is 42.5 Å². The minimum absolute atomic E-state index is 0.0486. The number of fused-ring (bicyclic) bond motifs is 1. The summed E-state index contributed by atoms with van der Waals surface area (Å²) in [6, 6.07) is 15.5. The molecule has 0 radical (unpaired) electrons. The van der Waals surface area contributed by atoms with Gasteiger partial charge in [0.25, 0.3) is 0 Å². The molecule has 0 aromatic heterocycles. The lowest BCUT2D eigenvalue weighted by molar-refractivity contribution is -0.155. The van der Waals surface area contributed by atoms with Gasteiger partial charge in [-0.3, -0.25) is 9.69 Å². The number of ether oxygens (including phenoxy) is 1. The number of esters is 1. The molecule has 3 nitrogen and oxygen atoms in total. The Balaban J connectivity index is 1.76. The van der Waals surface area contributed by atoms with Crippen molar-refractivity contribution in [2.75, 3.05) is 13.2 Å². The number of carbonyl (C=O) groups excluding carboxylic acids is 1. The van der Waals surface area contributed by atoms with Crippen molar-refractivity contribution in [3.63, 3.8) is 0 Å². The third kappa shape index (κ3) is 3.50. The zero-order valence-corrected chi connectivity index (χ0v) is 16.5. The first-order chi connectivity index (χ1) is 12.5. The van der Waals surface area contributed by atoms with E-state index in [-0.39, 0.29) is 5.97 Å². The minimum Gasteiger partial charge on any atom is -0.464 e. The molecule has 1 aliphatic rings. The smallest absolute Gasteiger partial charge is 0.316 e. The molecule has 3 heteroatoms. The lowest BCUT2D eigenvalue weighted by atomic mass is 9.63. The van der Waals surface area contributed by atoms with Crippen molar-refractivity contribution in [2.45, 2.75) is 64.5 Å². The standard InChI is InChI=1S/C23H31NO2/c1-17(2)24(18(3)4)15-16-26-22(25)23(13-8-14-23)21-12-7-10-19-9-5-6-11-20(19)21/h5-7,9-12,17-18H,8,13-16H2,1-4H3. The zero-order valence-electron chi connectivity index (χ0n) is 16.5. The number of nitrogens with zero attached hydrogens (tertiary/aromatic N) is 1. The van der Waals surface area contributed by atoms with Gasteiger partial charge >= 0.3 is 5.97 Å². The molecular formula is C23H31NO2. The van der Waals surface area contributed by atoms with Gasteiger partial charge in [0.05, 0.1) is 5.41 Å². The average molecular weight is 354 g/mol. The van der Waals surface area contributed by atoms with Gasteiger partial charge in [-0.2, -0.15) is 0 Å². The first-order valence-corrected chi connectivity index (χ1v) is 9.87. The molecule has 1 aliphatic carbocycles. The molecule has 0 spiro atoms. The zero-order chi connectivity index (χ0) is 18.7. The summed E-state index contributed by atoms with van der Waals surface area (Å²) in [5.74, 6) is -0.0486. The van der Waals surface area contributed by atoms with E-state index in [1.807, 2.05) is 12.1 Å². The Kier molecular flexibility index (Phi) is 5.67. The van der Waals surface area contributed by atoms with Gasteiger partial charge in [-0.25, -0.2) is 0 Å². The number of hydrogen-bond acceptors (Lipinski definition) is 3. The molecule has 3 rings (SSSR count). The fraction of sp³-hybridized carbons (Fsp3) is 0.522. The Hall–Kier alpha value is -1.87. The van der Waals surface area contributed by atoms with E-state index in [2.05, 4.69) is 62.9 Å². The SMILES string of the molecule is CC(C)N(CCOC(=O)C1(c2cccc3ccccc23)CCC1)C(C)C. The highest BCUT2D eigenvalue weighted by Gasteiger charge is 2.47. The van der Waals surface area contributed by atoms with Gasteiger partial charge in [0.15, 0.2) is 0 Å². The molecule has 140 valence electrons. The van der Waals surface area contributed by atoms with Gasteiger partial charge in [0, 0.05) is 18.6 Å². The van der Waals surface area contributed by atoms with Crippen LogP contribution in [0.1, 0.15) is 52.5 Å². The highest BCUT2D eigenvalue weighted by atomic mass is 16.5. The van der Waals surface area contributed by atoms with Crippen LogP contribution in [-0.4, -0.2) is 36.1 Å². The van der Waals surface area contributed by atoms with E-state index in [0.717, 1.165) is 31.4 Å². The highest BCUT2D eigenvalue weighted by Crippen LogP contribution is 2.47. The molecule has 0 N–H and O–H groups in total. The van der Waals surface area contributed by atoms with E-state index in [1.54, 1.807) is 0 Å². The fourth-order valence-electron chi connectivity index (χ4n) is 4.25. The maximum atomic E-state index is 13.1. The van der Waals surface area contributed by atoms with Crippen LogP contribution in [-0.2, 0) is 14.9 Å². The number of carbonyl (C=O) groups is 1. The average Bonchev–Trinajstić information content (AvgIpc) is 2.57. The summed E-state index contributed by atoms with van der Waals surface area (Å²) in [6.45, 7) is 9.99. The molecule has 0 unspecified atom stereocenters. The molecule has 26 heavy (non-hydrogen) atoms. The molecular weight excluding hydrogens is 322 g/mol. The van der Waals surface area contributed by atoms with Crippen LogP contribution >= 0.6 is 0 Å². The molecule has 2 aromatic rings. The predicted molar refractivity (Wildman–Crippen MR) is 107 cm³/mol. The van der Waals surface area contributed by atoms with Crippen molar-refractivity contribution in [3.8, 4) is 0 Å². The Morgan fingerprint density at radius 1 is 1.04 bits per heavy atom. The molecule has 0 heterocycles. The van der Waals surface area contributed by atoms with Crippen LogP contribution in [0.25, 0.3) is 10.8 Å². The third-order valence-corrected chi connectivity index (χ3v) is 5.81. The van der Waals surface area contributed by atoms with E-state index in [0.29, 0.717) is 18.7 Å². The quantitative estimate of drug-likeness (QED) is 0.662. The first kappa shape index (κ1) is 18.9. The fourth-order valence-corrected chi connectivity index (χ4v) is 4.25. The monoisotopic (exact) mass is 353 g/mol. The summed E-state index contributed by atoms with van der Waals surface area (Å²) >= 11 is 0. The van der Waals surface area contributed by atoms with E-state index < -0.39 is 5.41 Å². The van der Waals surface area contributed by atoms with Crippen LogP contribution < -0.4 is 0 Å². The Morgan fingerprint density at radius 2 is 1.69 bits per heavy atom. The Morgan fingerprint density at radius 3 is 2.31 bits per heavy atom. The van der Waals surface area contributed by atoms with E-state index in [9.17, 15) is 4.79 Å². The lowest BCUT2D eigenvalue weighted by Crippen LogP contribution is -2.45. The minimum atomic E-state index is -0.457. The first-order valence-electron chi connectivity index (χ1n) is 9.87. The van der Waals surface area contributed by atoms with Crippen LogP contribution in [0.3, 0.4) is 0 Å². The molecule has 1 fully saturated rings.